The van der Waals surface area contributed by atoms with Gasteiger partial charge >= 0.3 is 0 Å². The van der Waals surface area contributed by atoms with Crippen molar-refractivity contribution in [3.63, 3.8) is 0 Å². The van der Waals surface area contributed by atoms with E-state index >= 15 is 0 Å². The van der Waals surface area contributed by atoms with Gasteiger partial charge in [0.05, 0.1) is 0 Å². The molecular weight excluding hydrogens is 224 g/mol. The molecule has 0 spiro atoms. The molecule has 88 valence electrons. The van der Waals surface area contributed by atoms with Gasteiger partial charge < -0.3 is 0 Å². The van der Waals surface area contributed by atoms with Crippen LogP contribution in [0.1, 0.15) is 22.3 Å². The summed E-state index contributed by atoms with van der Waals surface area (Å²) in [5.41, 5.74) is 5.32. The van der Waals surface area contributed by atoms with E-state index < -0.39 is 0 Å². The summed E-state index contributed by atoms with van der Waals surface area (Å²) in [6.45, 7) is 8.61. The van der Waals surface area contributed by atoms with Gasteiger partial charge in [0.1, 0.15) is 0 Å². The van der Waals surface area contributed by atoms with Crippen LogP contribution in [0, 0.1) is 27.7 Å². The van der Waals surface area contributed by atoms with Crippen LogP contribution in [0.15, 0.2) is 46.2 Å². The SMILES string of the molecule is Cc1cc(C)cc(Sc2cc(C)cc(C)c2)c1. The summed E-state index contributed by atoms with van der Waals surface area (Å²) in [7, 11) is 0. The van der Waals surface area contributed by atoms with Crippen LogP contribution in [0.4, 0.5) is 0 Å². The molecule has 0 amide bonds. The fourth-order valence-electron chi connectivity index (χ4n) is 2.12. The molecule has 0 heterocycles. The maximum Gasteiger partial charge on any atom is 0.0127 e. The first-order valence-electron chi connectivity index (χ1n) is 5.87. The molecule has 0 saturated carbocycles. The number of rotatable bonds is 2. The summed E-state index contributed by atoms with van der Waals surface area (Å²) in [6.07, 6.45) is 0. The van der Waals surface area contributed by atoms with Gasteiger partial charge in [0.2, 0.25) is 0 Å². The van der Waals surface area contributed by atoms with E-state index in [2.05, 4.69) is 64.1 Å². The third-order valence-corrected chi connectivity index (χ3v) is 3.57. The van der Waals surface area contributed by atoms with Gasteiger partial charge in [-0.3, -0.25) is 0 Å². The van der Waals surface area contributed by atoms with Gasteiger partial charge in [0, 0.05) is 9.79 Å². The fourth-order valence-corrected chi connectivity index (χ4v) is 3.37. The zero-order valence-corrected chi connectivity index (χ0v) is 11.7. The second-order valence-electron chi connectivity index (χ2n) is 4.75. The maximum atomic E-state index is 2.25. The predicted octanol–water partition coefficient (Wildman–Crippen LogP) is 5.07. The summed E-state index contributed by atoms with van der Waals surface area (Å²) < 4.78 is 0. The standard InChI is InChI=1S/C16H18S/c1-11-5-12(2)8-15(7-11)17-16-9-13(3)6-14(4)10-16/h5-10H,1-4H3. The molecule has 0 saturated heterocycles. The van der Waals surface area contributed by atoms with Crippen molar-refractivity contribution in [3.8, 4) is 0 Å². The van der Waals surface area contributed by atoms with Gasteiger partial charge in [-0.05, 0) is 74.2 Å². The molecule has 0 nitrogen and oxygen atoms in total. The van der Waals surface area contributed by atoms with Crippen LogP contribution in [0.25, 0.3) is 0 Å². The van der Waals surface area contributed by atoms with E-state index in [0.29, 0.717) is 0 Å². The number of aryl methyl sites for hydroxylation is 4. The highest BCUT2D eigenvalue weighted by Crippen LogP contribution is 2.30. The van der Waals surface area contributed by atoms with E-state index in [1.165, 1.54) is 32.0 Å². The molecule has 2 rings (SSSR count). The van der Waals surface area contributed by atoms with E-state index in [1.54, 1.807) is 0 Å². The van der Waals surface area contributed by atoms with Crippen LogP contribution in [-0.2, 0) is 0 Å². The zero-order valence-electron chi connectivity index (χ0n) is 10.9. The molecule has 0 aliphatic heterocycles. The van der Waals surface area contributed by atoms with Crippen molar-refractivity contribution in [2.75, 3.05) is 0 Å². The van der Waals surface area contributed by atoms with Gasteiger partial charge in [0.15, 0.2) is 0 Å². The van der Waals surface area contributed by atoms with Crippen LogP contribution in [0.3, 0.4) is 0 Å². The highest BCUT2D eigenvalue weighted by atomic mass is 32.2. The van der Waals surface area contributed by atoms with Crippen LogP contribution in [0.5, 0.6) is 0 Å². The fraction of sp³-hybridized carbons (Fsp3) is 0.250. The zero-order chi connectivity index (χ0) is 12.4. The second kappa shape index (κ2) is 4.97. The molecule has 2 aromatic rings. The average molecular weight is 242 g/mol. The molecule has 0 unspecified atom stereocenters. The number of benzene rings is 2. The van der Waals surface area contributed by atoms with Crippen LogP contribution in [-0.4, -0.2) is 0 Å². The first-order valence-corrected chi connectivity index (χ1v) is 6.69. The van der Waals surface area contributed by atoms with E-state index in [1.807, 2.05) is 11.8 Å². The van der Waals surface area contributed by atoms with E-state index in [4.69, 9.17) is 0 Å². The van der Waals surface area contributed by atoms with Crippen molar-refractivity contribution in [1.82, 2.24) is 0 Å². The molecule has 0 atom stereocenters. The Morgan fingerprint density at radius 3 is 1.12 bits per heavy atom. The lowest BCUT2D eigenvalue weighted by molar-refractivity contribution is 1.27. The highest BCUT2D eigenvalue weighted by molar-refractivity contribution is 7.99. The monoisotopic (exact) mass is 242 g/mol. The predicted molar refractivity (Wildman–Crippen MR) is 76.0 cm³/mol. The third-order valence-electron chi connectivity index (χ3n) is 2.63. The smallest absolute Gasteiger partial charge is 0.0127 e. The summed E-state index contributed by atoms with van der Waals surface area (Å²) >= 11 is 1.84. The normalized spacial score (nSPS) is 10.6. The van der Waals surface area contributed by atoms with Crippen LogP contribution >= 0.6 is 11.8 Å². The molecule has 0 aromatic heterocycles. The molecule has 0 aliphatic carbocycles. The van der Waals surface area contributed by atoms with Gasteiger partial charge in [-0.25, -0.2) is 0 Å². The van der Waals surface area contributed by atoms with Crippen molar-refractivity contribution < 1.29 is 0 Å². The average Bonchev–Trinajstić information content (AvgIpc) is 2.13. The quantitative estimate of drug-likeness (QED) is 0.708. The van der Waals surface area contributed by atoms with E-state index in [0.717, 1.165) is 0 Å². The lowest BCUT2D eigenvalue weighted by atomic mass is 10.2. The topological polar surface area (TPSA) is 0 Å². The maximum absolute atomic E-state index is 2.25. The van der Waals surface area contributed by atoms with E-state index in [-0.39, 0.29) is 0 Å². The van der Waals surface area contributed by atoms with Crippen molar-refractivity contribution in [2.45, 2.75) is 37.5 Å². The Labute approximate surface area is 108 Å². The van der Waals surface area contributed by atoms with Gasteiger partial charge in [-0.15, -0.1) is 0 Å². The second-order valence-corrected chi connectivity index (χ2v) is 5.90. The largest absolute Gasteiger partial charge is 0.0901 e. The highest BCUT2D eigenvalue weighted by Gasteiger charge is 2.01. The Balaban J connectivity index is 2.31. The summed E-state index contributed by atoms with van der Waals surface area (Å²) in [4.78, 5) is 2.65. The van der Waals surface area contributed by atoms with Gasteiger partial charge in [0.25, 0.3) is 0 Å². The lowest BCUT2D eigenvalue weighted by Crippen LogP contribution is -1.82. The van der Waals surface area contributed by atoms with Crippen molar-refractivity contribution in [2.24, 2.45) is 0 Å². The Kier molecular flexibility index (Phi) is 3.58. The Morgan fingerprint density at radius 1 is 0.529 bits per heavy atom. The molecule has 0 aliphatic rings. The Bertz CT molecular complexity index is 451. The molecule has 1 heteroatoms. The third kappa shape index (κ3) is 3.37. The molecular formula is C16H18S. The minimum Gasteiger partial charge on any atom is -0.0901 e. The number of hydrogen-bond donors (Lipinski definition) is 0. The first-order chi connectivity index (χ1) is 8.02. The summed E-state index contributed by atoms with van der Waals surface area (Å²) in [6, 6.07) is 13.4. The van der Waals surface area contributed by atoms with Crippen molar-refractivity contribution in [3.05, 3.63) is 58.7 Å². The van der Waals surface area contributed by atoms with Gasteiger partial charge in [-0.1, -0.05) is 23.9 Å². The molecule has 0 bridgehead atoms. The lowest BCUT2D eigenvalue weighted by Gasteiger charge is -2.07. The van der Waals surface area contributed by atoms with E-state index in [9.17, 15) is 0 Å². The Morgan fingerprint density at radius 2 is 0.824 bits per heavy atom. The summed E-state index contributed by atoms with van der Waals surface area (Å²) in [5.74, 6) is 0. The molecule has 0 N–H and O–H groups in total. The van der Waals surface area contributed by atoms with Crippen molar-refractivity contribution in [1.29, 1.82) is 0 Å². The Hall–Kier alpha value is -1.21. The van der Waals surface area contributed by atoms with Crippen molar-refractivity contribution >= 4 is 11.8 Å². The van der Waals surface area contributed by atoms with Crippen LogP contribution in [0.2, 0.25) is 0 Å². The molecule has 0 radical (unpaired) electrons. The number of hydrogen-bond acceptors (Lipinski definition) is 1. The first kappa shape index (κ1) is 12.3. The molecule has 17 heavy (non-hydrogen) atoms. The minimum atomic E-state index is 1.33. The van der Waals surface area contributed by atoms with Crippen LogP contribution < -0.4 is 0 Å². The van der Waals surface area contributed by atoms with Gasteiger partial charge in [-0.2, -0.15) is 0 Å². The summed E-state index contributed by atoms with van der Waals surface area (Å²) in [5, 5.41) is 0. The molecule has 0 fully saturated rings. The molecule has 2 aromatic carbocycles. The minimum absolute atomic E-state index is 1.33.